The van der Waals surface area contributed by atoms with Crippen LogP contribution in [0.1, 0.15) is 28.7 Å². The van der Waals surface area contributed by atoms with E-state index < -0.39 is 6.10 Å². The highest BCUT2D eigenvalue weighted by Crippen LogP contribution is 2.45. The molecule has 2 aromatic rings. The van der Waals surface area contributed by atoms with Crippen LogP contribution in [0, 0.1) is 6.92 Å². The molecule has 2 heteroatoms. The molecule has 1 radical (unpaired) electrons. The summed E-state index contributed by atoms with van der Waals surface area (Å²) in [6.07, 6.45) is 1.34. The van der Waals surface area contributed by atoms with Crippen LogP contribution >= 0.6 is 0 Å². The minimum absolute atomic E-state index is 0.0375. The summed E-state index contributed by atoms with van der Waals surface area (Å²) >= 11 is 0. The van der Waals surface area contributed by atoms with Gasteiger partial charge < -0.3 is 5.11 Å². The summed E-state index contributed by atoms with van der Waals surface area (Å²) in [4.78, 5) is 0. The Balaban J connectivity index is 2.28. The van der Waals surface area contributed by atoms with Crippen molar-refractivity contribution in [3.8, 4) is 11.1 Å². The average molecular weight is 261 g/mol. The van der Waals surface area contributed by atoms with Crippen LogP contribution in [0.15, 0.2) is 49.1 Å². The normalized spacial score (nSPS) is 19.9. The summed E-state index contributed by atoms with van der Waals surface area (Å²) in [5.74, 6) is -0.0375. The zero-order valence-electron chi connectivity index (χ0n) is 11.9. The van der Waals surface area contributed by atoms with E-state index in [1.807, 2.05) is 12.9 Å². The Morgan fingerprint density at radius 1 is 1.10 bits per heavy atom. The van der Waals surface area contributed by atoms with Crippen molar-refractivity contribution < 1.29 is 5.11 Å². The second-order valence-electron chi connectivity index (χ2n) is 5.43. The molecule has 0 aliphatic heterocycles. The average Bonchev–Trinajstić information content (AvgIpc) is 2.47. The van der Waals surface area contributed by atoms with Crippen molar-refractivity contribution in [1.29, 1.82) is 0 Å². The van der Waals surface area contributed by atoms with E-state index in [1.165, 1.54) is 16.7 Å². The van der Waals surface area contributed by atoms with Crippen molar-refractivity contribution in [2.45, 2.75) is 25.8 Å². The highest BCUT2D eigenvalue weighted by molar-refractivity contribution is 6.52. The van der Waals surface area contributed by atoms with Crippen molar-refractivity contribution in [2.24, 2.45) is 0 Å². The molecular formula is C18H18BO. The Morgan fingerprint density at radius 2 is 1.80 bits per heavy atom. The topological polar surface area (TPSA) is 20.2 Å². The van der Waals surface area contributed by atoms with Crippen LogP contribution < -0.4 is 5.46 Å². The first-order chi connectivity index (χ1) is 9.65. The van der Waals surface area contributed by atoms with Gasteiger partial charge in [-0.2, -0.15) is 0 Å². The van der Waals surface area contributed by atoms with Gasteiger partial charge in [0.2, 0.25) is 0 Å². The first kappa shape index (κ1) is 13.2. The lowest BCUT2D eigenvalue weighted by Crippen LogP contribution is -2.20. The van der Waals surface area contributed by atoms with Crippen molar-refractivity contribution in [3.63, 3.8) is 0 Å². The molecule has 3 rings (SSSR count). The number of hydrogen-bond donors (Lipinski definition) is 1. The number of fused-ring (bicyclic) bond motifs is 3. The van der Waals surface area contributed by atoms with Crippen LogP contribution in [-0.4, -0.2) is 12.4 Å². The SMILES string of the molecule is C=CC1c2cc(C)ccc2-c2ccc([B]C)cc2C1O. The molecule has 99 valence electrons. The fraction of sp³-hybridized carbons (Fsp3) is 0.222. The number of aryl methyl sites for hydroxylation is 1. The highest BCUT2D eigenvalue weighted by Gasteiger charge is 2.30. The number of benzene rings is 2. The van der Waals surface area contributed by atoms with Gasteiger partial charge in [0.15, 0.2) is 0 Å². The lowest BCUT2D eigenvalue weighted by atomic mass is 9.69. The van der Waals surface area contributed by atoms with E-state index >= 15 is 0 Å². The van der Waals surface area contributed by atoms with E-state index in [4.69, 9.17) is 0 Å². The molecule has 20 heavy (non-hydrogen) atoms. The first-order valence-corrected chi connectivity index (χ1v) is 7.00. The Morgan fingerprint density at radius 3 is 2.50 bits per heavy atom. The van der Waals surface area contributed by atoms with Gasteiger partial charge in [0.25, 0.3) is 0 Å². The van der Waals surface area contributed by atoms with Crippen LogP contribution in [-0.2, 0) is 0 Å². The smallest absolute Gasteiger partial charge is 0.148 e. The molecular weight excluding hydrogens is 243 g/mol. The zero-order chi connectivity index (χ0) is 14.3. The van der Waals surface area contributed by atoms with Crippen LogP contribution in [0.4, 0.5) is 0 Å². The first-order valence-electron chi connectivity index (χ1n) is 7.00. The summed E-state index contributed by atoms with van der Waals surface area (Å²) in [6.45, 7) is 8.00. The summed E-state index contributed by atoms with van der Waals surface area (Å²) < 4.78 is 0. The minimum atomic E-state index is -0.517. The summed E-state index contributed by atoms with van der Waals surface area (Å²) in [5.41, 5.74) is 6.88. The maximum absolute atomic E-state index is 10.7. The van der Waals surface area contributed by atoms with Gasteiger partial charge in [-0.05, 0) is 29.2 Å². The van der Waals surface area contributed by atoms with Crippen molar-refractivity contribution in [2.75, 3.05) is 0 Å². The number of aliphatic hydroxyl groups excluding tert-OH is 1. The molecule has 0 heterocycles. The van der Waals surface area contributed by atoms with Crippen LogP contribution in [0.5, 0.6) is 0 Å². The molecule has 0 amide bonds. The quantitative estimate of drug-likeness (QED) is 0.649. The Kier molecular flexibility index (Phi) is 3.27. The maximum Gasteiger partial charge on any atom is 0.148 e. The third kappa shape index (κ3) is 1.92. The number of rotatable bonds is 2. The van der Waals surface area contributed by atoms with Crippen LogP contribution in [0.25, 0.3) is 11.1 Å². The molecule has 2 aromatic carbocycles. The Labute approximate surface area is 121 Å². The van der Waals surface area contributed by atoms with Crippen molar-refractivity contribution in [1.82, 2.24) is 0 Å². The molecule has 2 unspecified atom stereocenters. The molecule has 1 aliphatic carbocycles. The lowest BCUT2D eigenvalue weighted by molar-refractivity contribution is 0.160. The highest BCUT2D eigenvalue weighted by atomic mass is 16.3. The fourth-order valence-corrected chi connectivity index (χ4v) is 3.07. The third-order valence-corrected chi connectivity index (χ3v) is 4.18. The van der Waals surface area contributed by atoms with E-state index in [9.17, 15) is 5.11 Å². The molecule has 0 aromatic heterocycles. The third-order valence-electron chi connectivity index (χ3n) is 4.18. The second-order valence-corrected chi connectivity index (χ2v) is 5.43. The number of aliphatic hydroxyl groups is 1. The second kappa shape index (κ2) is 4.95. The van der Waals surface area contributed by atoms with Gasteiger partial charge in [0, 0.05) is 5.92 Å². The van der Waals surface area contributed by atoms with Crippen LogP contribution in [0.3, 0.4) is 0 Å². The fourth-order valence-electron chi connectivity index (χ4n) is 3.07. The van der Waals surface area contributed by atoms with Gasteiger partial charge >= 0.3 is 0 Å². The monoisotopic (exact) mass is 261 g/mol. The van der Waals surface area contributed by atoms with E-state index in [1.54, 1.807) is 0 Å². The Hall–Kier alpha value is -1.80. The van der Waals surface area contributed by atoms with Gasteiger partial charge in [0.1, 0.15) is 7.28 Å². The van der Waals surface area contributed by atoms with Crippen molar-refractivity contribution in [3.05, 3.63) is 65.7 Å². The summed E-state index contributed by atoms with van der Waals surface area (Å²) in [7, 11) is 2.06. The van der Waals surface area contributed by atoms with E-state index in [-0.39, 0.29) is 5.92 Å². The van der Waals surface area contributed by atoms with Gasteiger partial charge in [-0.15, -0.1) is 6.58 Å². The largest absolute Gasteiger partial charge is 0.387 e. The summed E-state index contributed by atoms with van der Waals surface area (Å²) in [5, 5.41) is 10.7. The molecule has 0 spiro atoms. The van der Waals surface area contributed by atoms with E-state index in [0.29, 0.717) is 0 Å². The molecule has 1 aliphatic rings. The molecule has 1 N–H and O–H groups in total. The van der Waals surface area contributed by atoms with Gasteiger partial charge in [-0.1, -0.05) is 60.3 Å². The molecule has 0 fully saturated rings. The van der Waals surface area contributed by atoms with Gasteiger partial charge in [-0.3, -0.25) is 0 Å². The predicted octanol–water partition coefficient (Wildman–Crippen LogP) is 3.36. The van der Waals surface area contributed by atoms with Crippen molar-refractivity contribution >= 4 is 12.7 Å². The van der Waals surface area contributed by atoms with Crippen LogP contribution in [0.2, 0.25) is 6.82 Å². The zero-order valence-corrected chi connectivity index (χ0v) is 11.9. The van der Waals surface area contributed by atoms with Gasteiger partial charge in [0.05, 0.1) is 6.10 Å². The maximum atomic E-state index is 10.7. The molecule has 0 saturated carbocycles. The molecule has 0 saturated heterocycles. The lowest BCUT2D eigenvalue weighted by Gasteiger charge is -2.31. The Bertz CT molecular complexity index is 675. The summed E-state index contributed by atoms with van der Waals surface area (Å²) in [6, 6.07) is 12.7. The predicted molar refractivity (Wildman–Crippen MR) is 85.8 cm³/mol. The standard InChI is InChI=1S/C18H18BO/c1-4-13-16-9-11(2)5-7-14(16)15-8-6-12(19-3)10-17(15)18(13)20/h4-10,13,18,20H,1H2,2-3H3. The molecule has 2 atom stereocenters. The van der Waals surface area contributed by atoms with Gasteiger partial charge in [-0.25, -0.2) is 0 Å². The molecule has 1 nitrogen and oxygen atoms in total. The molecule has 0 bridgehead atoms. The van der Waals surface area contributed by atoms with E-state index in [0.717, 1.165) is 16.6 Å². The number of hydrogen-bond acceptors (Lipinski definition) is 1. The van der Waals surface area contributed by atoms with E-state index in [2.05, 4.69) is 57.2 Å². The minimum Gasteiger partial charge on any atom is -0.387 e.